The first kappa shape index (κ1) is 16.1. The maximum Gasteiger partial charge on any atom is 0.396 e. The Morgan fingerprint density at radius 1 is 1.32 bits per heavy atom. The van der Waals surface area contributed by atoms with Crippen LogP contribution >= 0.6 is 11.3 Å². The van der Waals surface area contributed by atoms with E-state index in [-0.39, 0.29) is 12.4 Å². The Labute approximate surface area is 131 Å². The summed E-state index contributed by atoms with van der Waals surface area (Å²) in [4.78, 5) is 26.9. The number of hydrogen-bond donors (Lipinski definition) is 1. The third kappa shape index (κ3) is 4.36. The molecule has 116 valence electrons. The van der Waals surface area contributed by atoms with E-state index in [0.717, 1.165) is 16.3 Å². The van der Waals surface area contributed by atoms with Crippen molar-refractivity contribution < 1.29 is 18.7 Å². The lowest BCUT2D eigenvalue weighted by Crippen LogP contribution is -2.33. The van der Waals surface area contributed by atoms with Gasteiger partial charge in [0, 0.05) is 23.9 Å². The number of esters is 1. The van der Waals surface area contributed by atoms with E-state index in [1.807, 2.05) is 5.38 Å². The van der Waals surface area contributed by atoms with E-state index in [0.29, 0.717) is 13.0 Å². The van der Waals surface area contributed by atoms with Crippen LogP contribution in [0.4, 0.5) is 4.39 Å². The number of nitrogens with zero attached hydrogens (tertiary/aromatic N) is 1. The van der Waals surface area contributed by atoms with E-state index < -0.39 is 11.9 Å². The summed E-state index contributed by atoms with van der Waals surface area (Å²) in [6, 6.07) is 6.10. The monoisotopic (exact) mass is 322 g/mol. The summed E-state index contributed by atoms with van der Waals surface area (Å²) in [5.41, 5.74) is 1.64. The normalized spacial score (nSPS) is 10.3. The molecule has 1 amide bonds. The Morgan fingerprint density at radius 2 is 2.05 bits per heavy atom. The van der Waals surface area contributed by atoms with Gasteiger partial charge in [-0.15, -0.1) is 11.3 Å². The number of carbonyl (C=O) groups excluding carboxylic acids is 2. The summed E-state index contributed by atoms with van der Waals surface area (Å²) in [6.07, 6.45) is 0.503. The molecule has 0 fully saturated rings. The zero-order valence-electron chi connectivity index (χ0n) is 12.0. The van der Waals surface area contributed by atoms with Crippen molar-refractivity contribution in [2.24, 2.45) is 0 Å². The van der Waals surface area contributed by atoms with Gasteiger partial charge in [0.2, 0.25) is 0 Å². The van der Waals surface area contributed by atoms with Crippen LogP contribution in [-0.4, -0.2) is 30.0 Å². The van der Waals surface area contributed by atoms with Crippen LogP contribution in [0.25, 0.3) is 10.6 Å². The second-order valence-corrected chi connectivity index (χ2v) is 5.24. The minimum absolute atomic E-state index is 0.166. The van der Waals surface area contributed by atoms with E-state index in [2.05, 4.69) is 15.0 Å². The van der Waals surface area contributed by atoms with Crippen molar-refractivity contribution in [2.45, 2.75) is 13.3 Å². The Balaban J connectivity index is 1.86. The van der Waals surface area contributed by atoms with Gasteiger partial charge in [-0.25, -0.2) is 14.2 Å². The van der Waals surface area contributed by atoms with Gasteiger partial charge in [0.25, 0.3) is 0 Å². The number of thiazole rings is 1. The van der Waals surface area contributed by atoms with Gasteiger partial charge in [-0.05, 0) is 31.2 Å². The summed E-state index contributed by atoms with van der Waals surface area (Å²) in [5.74, 6) is -1.93. The number of nitrogens with one attached hydrogen (secondary N) is 1. The predicted octanol–water partition coefficient (Wildman–Crippen LogP) is 2.17. The lowest BCUT2D eigenvalue weighted by Gasteiger charge is -2.03. The molecule has 0 atom stereocenters. The van der Waals surface area contributed by atoms with Crippen LogP contribution in [0.2, 0.25) is 0 Å². The number of benzene rings is 1. The SMILES string of the molecule is CCOC(=O)C(=O)NCCc1csc(-c2ccc(F)cc2)n1. The topological polar surface area (TPSA) is 68.3 Å². The molecule has 0 aliphatic heterocycles. The third-order valence-corrected chi connectivity index (χ3v) is 3.71. The Kier molecular flexibility index (Phi) is 5.60. The zero-order chi connectivity index (χ0) is 15.9. The molecule has 2 rings (SSSR count). The molecule has 0 saturated heterocycles. The zero-order valence-corrected chi connectivity index (χ0v) is 12.8. The van der Waals surface area contributed by atoms with Crippen LogP contribution in [0.1, 0.15) is 12.6 Å². The minimum Gasteiger partial charge on any atom is -0.459 e. The van der Waals surface area contributed by atoms with Crippen molar-refractivity contribution in [1.82, 2.24) is 10.3 Å². The first-order valence-electron chi connectivity index (χ1n) is 6.75. The molecule has 1 heterocycles. The van der Waals surface area contributed by atoms with E-state index in [1.54, 1.807) is 19.1 Å². The van der Waals surface area contributed by atoms with Gasteiger partial charge in [0.05, 0.1) is 12.3 Å². The second-order valence-electron chi connectivity index (χ2n) is 4.38. The number of carbonyl (C=O) groups is 2. The van der Waals surface area contributed by atoms with E-state index in [1.165, 1.54) is 23.5 Å². The lowest BCUT2D eigenvalue weighted by molar-refractivity contribution is -0.154. The molecule has 0 aliphatic rings. The standard InChI is InChI=1S/C15H15FN2O3S/c1-2-21-15(20)13(19)17-8-7-12-9-22-14(18-12)10-3-5-11(16)6-4-10/h3-6,9H,2,7-8H2,1H3,(H,17,19). The average molecular weight is 322 g/mol. The van der Waals surface area contributed by atoms with Crippen molar-refractivity contribution in [3.63, 3.8) is 0 Å². The number of ether oxygens (including phenoxy) is 1. The van der Waals surface area contributed by atoms with Crippen LogP contribution in [0.5, 0.6) is 0 Å². The van der Waals surface area contributed by atoms with Crippen molar-refractivity contribution in [1.29, 1.82) is 0 Å². The summed E-state index contributed by atoms with van der Waals surface area (Å²) in [7, 11) is 0. The highest BCUT2D eigenvalue weighted by atomic mass is 32.1. The second kappa shape index (κ2) is 7.65. The smallest absolute Gasteiger partial charge is 0.396 e. The van der Waals surface area contributed by atoms with Crippen molar-refractivity contribution in [3.8, 4) is 10.6 Å². The molecule has 2 aromatic rings. The van der Waals surface area contributed by atoms with Gasteiger partial charge >= 0.3 is 11.9 Å². The van der Waals surface area contributed by atoms with Crippen LogP contribution in [0, 0.1) is 5.82 Å². The molecule has 0 unspecified atom stereocenters. The van der Waals surface area contributed by atoms with Gasteiger partial charge in [0.15, 0.2) is 0 Å². The van der Waals surface area contributed by atoms with Gasteiger partial charge in [-0.1, -0.05) is 0 Å². The molecule has 5 nitrogen and oxygen atoms in total. The molecule has 7 heteroatoms. The fourth-order valence-corrected chi connectivity index (χ4v) is 2.58. The highest BCUT2D eigenvalue weighted by Gasteiger charge is 2.13. The number of halogens is 1. The van der Waals surface area contributed by atoms with E-state index in [4.69, 9.17) is 0 Å². The molecule has 1 N–H and O–H groups in total. The van der Waals surface area contributed by atoms with Crippen LogP contribution in [0.15, 0.2) is 29.6 Å². The molecule has 0 aliphatic carbocycles. The molecule has 1 aromatic carbocycles. The number of amides is 1. The van der Waals surface area contributed by atoms with Gasteiger partial charge in [0.1, 0.15) is 10.8 Å². The molecular weight excluding hydrogens is 307 g/mol. The summed E-state index contributed by atoms with van der Waals surface area (Å²) in [6.45, 7) is 2.10. The maximum atomic E-state index is 12.9. The van der Waals surface area contributed by atoms with Gasteiger partial charge < -0.3 is 10.1 Å². The summed E-state index contributed by atoms with van der Waals surface area (Å²) in [5, 5.41) is 5.13. The van der Waals surface area contributed by atoms with Crippen molar-refractivity contribution in [3.05, 3.63) is 41.2 Å². The maximum absolute atomic E-state index is 12.9. The third-order valence-electron chi connectivity index (χ3n) is 2.77. The number of aromatic nitrogens is 1. The highest BCUT2D eigenvalue weighted by Crippen LogP contribution is 2.23. The predicted molar refractivity (Wildman–Crippen MR) is 80.9 cm³/mol. The average Bonchev–Trinajstić information content (AvgIpc) is 2.97. The number of rotatable bonds is 5. The fourth-order valence-electron chi connectivity index (χ4n) is 1.72. The Bertz CT molecular complexity index is 655. The molecule has 0 saturated carbocycles. The first-order valence-corrected chi connectivity index (χ1v) is 7.63. The van der Waals surface area contributed by atoms with Gasteiger partial charge in [-0.3, -0.25) is 4.79 Å². The lowest BCUT2D eigenvalue weighted by atomic mass is 10.2. The molecule has 0 radical (unpaired) electrons. The summed E-state index contributed by atoms with van der Waals surface area (Å²) < 4.78 is 17.5. The van der Waals surface area contributed by atoms with Crippen molar-refractivity contribution >= 4 is 23.2 Å². The van der Waals surface area contributed by atoms with Crippen LogP contribution < -0.4 is 5.32 Å². The molecule has 0 spiro atoms. The molecule has 1 aromatic heterocycles. The van der Waals surface area contributed by atoms with E-state index in [9.17, 15) is 14.0 Å². The van der Waals surface area contributed by atoms with Crippen molar-refractivity contribution in [2.75, 3.05) is 13.2 Å². The Hall–Kier alpha value is -2.28. The highest BCUT2D eigenvalue weighted by molar-refractivity contribution is 7.13. The molecular formula is C15H15FN2O3S. The van der Waals surface area contributed by atoms with Crippen LogP contribution in [-0.2, 0) is 20.7 Å². The fraction of sp³-hybridized carbons (Fsp3) is 0.267. The molecule has 22 heavy (non-hydrogen) atoms. The summed E-state index contributed by atoms with van der Waals surface area (Å²) >= 11 is 1.44. The largest absolute Gasteiger partial charge is 0.459 e. The van der Waals surface area contributed by atoms with E-state index >= 15 is 0 Å². The Morgan fingerprint density at radius 3 is 2.73 bits per heavy atom. The number of hydrogen-bond acceptors (Lipinski definition) is 5. The minimum atomic E-state index is -0.882. The van der Waals surface area contributed by atoms with Crippen LogP contribution in [0.3, 0.4) is 0 Å². The van der Waals surface area contributed by atoms with Gasteiger partial charge in [-0.2, -0.15) is 0 Å². The first-order chi connectivity index (χ1) is 10.6. The quantitative estimate of drug-likeness (QED) is 0.677. The molecule has 0 bridgehead atoms.